The summed E-state index contributed by atoms with van der Waals surface area (Å²) >= 11 is 0. The zero-order valence-corrected chi connectivity index (χ0v) is 11.6. The van der Waals surface area contributed by atoms with Crippen LogP contribution in [0.5, 0.6) is 0 Å². The van der Waals surface area contributed by atoms with Crippen LogP contribution in [0.15, 0.2) is 12.1 Å². The van der Waals surface area contributed by atoms with Crippen molar-refractivity contribution in [2.75, 3.05) is 17.2 Å². The van der Waals surface area contributed by atoms with Crippen molar-refractivity contribution in [3.05, 3.63) is 17.7 Å². The Kier molecular flexibility index (Phi) is 4.40. The molecule has 6 heteroatoms. The number of nitrogens with zero attached hydrogens (tertiary/aromatic N) is 2. The van der Waals surface area contributed by atoms with Gasteiger partial charge >= 0.3 is 6.18 Å². The predicted octanol–water partition coefficient (Wildman–Crippen LogP) is 3.84. The molecule has 0 spiro atoms. The molecule has 2 rings (SSSR count). The first-order valence-electron chi connectivity index (χ1n) is 7.03. The van der Waals surface area contributed by atoms with Crippen LogP contribution in [0.3, 0.4) is 0 Å². The Balaban J connectivity index is 2.32. The molecular formula is C14H20F3N3. The molecule has 2 heterocycles. The van der Waals surface area contributed by atoms with Crippen molar-refractivity contribution in [1.82, 2.24) is 4.98 Å². The second-order valence-corrected chi connectivity index (χ2v) is 5.27. The lowest BCUT2D eigenvalue weighted by atomic mass is 9.98. The van der Waals surface area contributed by atoms with Crippen LogP contribution in [-0.4, -0.2) is 17.6 Å². The second-order valence-electron chi connectivity index (χ2n) is 5.27. The van der Waals surface area contributed by atoms with Crippen LogP contribution in [0.1, 0.15) is 44.6 Å². The maximum atomic E-state index is 12.9. The van der Waals surface area contributed by atoms with Gasteiger partial charge in [0, 0.05) is 12.6 Å². The number of nitrogen functional groups attached to an aromatic ring is 1. The molecule has 1 saturated heterocycles. The van der Waals surface area contributed by atoms with E-state index in [0.717, 1.165) is 50.8 Å². The second kappa shape index (κ2) is 5.89. The monoisotopic (exact) mass is 287 g/mol. The van der Waals surface area contributed by atoms with Gasteiger partial charge in [-0.05, 0) is 37.8 Å². The van der Waals surface area contributed by atoms with Crippen LogP contribution in [0.4, 0.5) is 24.8 Å². The van der Waals surface area contributed by atoms with Crippen molar-refractivity contribution in [1.29, 1.82) is 0 Å². The van der Waals surface area contributed by atoms with Crippen LogP contribution in [-0.2, 0) is 6.18 Å². The number of rotatable bonds is 3. The highest BCUT2D eigenvalue weighted by Gasteiger charge is 2.33. The normalized spacial score (nSPS) is 20.2. The van der Waals surface area contributed by atoms with Crippen molar-refractivity contribution in [3.8, 4) is 0 Å². The lowest BCUT2D eigenvalue weighted by Crippen LogP contribution is -2.40. The van der Waals surface area contributed by atoms with Gasteiger partial charge in [-0.3, -0.25) is 0 Å². The zero-order valence-electron chi connectivity index (χ0n) is 11.6. The minimum atomic E-state index is -4.39. The summed E-state index contributed by atoms with van der Waals surface area (Å²) < 4.78 is 38.6. The molecule has 1 aromatic rings. The number of alkyl halides is 3. The standard InChI is InChI=1S/C14H20F3N3/c1-2-5-11-6-3-4-7-20(11)13-9-10(14(15,16)17)8-12(18)19-13/h8-9,11H,2-7H2,1H3,(H2,18,19). The van der Waals surface area contributed by atoms with Crippen LogP contribution >= 0.6 is 0 Å². The van der Waals surface area contributed by atoms with Crippen molar-refractivity contribution >= 4 is 11.6 Å². The fourth-order valence-corrected chi connectivity index (χ4v) is 2.78. The highest BCUT2D eigenvalue weighted by molar-refractivity contribution is 5.50. The van der Waals surface area contributed by atoms with Gasteiger partial charge in [0.2, 0.25) is 0 Å². The first-order valence-corrected chi connectivity index (χ1v) is 7.03. The maximum absolute atomic E-state index is 12.9. The van der Waals surface area contributed by atoms with Gasteiger partial charge in [-0.15, -0.1) is 0 Å². The average Bonchev–Trinajstić information content (AvgIpc) is 2.38. The number of pyridine rings is 1. The summed E-state index contributed by atoms with van der Waals surface area (Å²) in [5.74, 6) is 0.283. The van der Waals surface area contributed by atoms with E-state index in [4.69, 9.17) is 5.73 Å². The van der Waals surface area contributed by atoms with Gasteiger partial charge in [-0.2, -0.15) is 13.2 Å². The Morgan fingerprint density at radius 2 is 2.10 bits per heavy atom. The van der Waals surface area contributed by atoms with Crippen molar-refractivity contribution < 1.29 is 13.2 Å². The topological polar surface area (TPSA) is 42.1 Å². The summed E-state index contributed by atoms with van der Waals surface area (Å²) in [5.41, 5.74) is 4.82. The Bertz CT molecular complexity index is 457. The van der Waals surface area contributed by atoms with E-state index in [-0.39, 0.29) is 11.9 Å². The van der Waals surface area contributed by atoms with Gasteiger partial charge in [0.05, 0.1) is 5.56 Å². The third-order valence-corrected chi connectivity index (χ3v) is 3.70. The van der Waals surface area contributed by atoms with Gasteiger partial charge in [0.25, 0.3) is 0 Å². The smallest absolute Gasteiger partial charge is 0.384 e. The molecule has 0 bridgehead atoms. The van der Waals surface area contributed by atoms with E-state index in [1.54, 1.807) is 0 Å². The third kappa shape index (κ3) is 3.35. The van der Waals surface area contributed by atoms with Crippen molar-refractivity contribution in [2.45, 2.75) is 51.2 Å². The van der Waals surface area contributed by atoms with Gasteiger partial charge < -0.3 is 10.6 Å². The number of hydrogen-bond donors (Lipinski definition) is 1. The van der Waals surface area contributed by atoms with Gasteiger partial charge in [-0.25, -0.2) is 4.98 Å². The largest absolute Gasteiger partial charge is 0.416 e. The van der Waals surface area contributed by atoms with E-state index < -0.39 is 11.7 Å². The van der Waals surface area contributed by atoms with E-state index in [1.165, 1.54) is 0 Å². The number of nitrogens with two attached hydrogens (primary N) is 1. The highest BCUT2D eigenvalue weighted by atomic mass is 19.4. The highest BCUT2D eigenvalue weighted by Crippen LogP contribution is 2.34. The molecule has 2 N–H and O–H groups in total. The molecule has 0 radical (unpaired) electrons. The molecule has 0 saturated carbocycles. The number of aromatic nitrogens is 1. The van der Waals surface area contributed by atoms with Crippen molar-refractivity contribution in [3.63, 3.8) is 0 Å². The third-order valence-electron chi connectivity index (χ3n) is 3.70. The minimum Gasteiger partial charge on any atom is -0.384 e. The molecule has 1 unspecified atom stereocenters. The first-order chi connectivity index (χ1) is 9.41. The predicted molar refractivity (Wildman–Crippen MR) is 73.5 cm³/mol. The van der Waals surface area contributed by atoms with E-state index in [0.29, 0.717) is 5.82 Å². The van der Waals surface area contributed by atoms with Crippen LogP contribution < -0.4 is 10.6 Å². The first kappa shape index (κ1) is 14.9. The fraction of sp³-hybridized carbons (Fsp3) is 0.643. The van der Waals surface area contributed by atoms with Gasteiger partial charge in [-0.1, -0.05) is 13.3 Å². The van der Waals surface area contributed by atoms with E-state index in [1.807, 2.05) is 4.90 Å². The zero-order chi connectivity index (χ0) is 14.8. The van der Waals surface area contributed by atoms with E-state index in [9.17, 15) is 13.2 Å². The quantitative estimate of drug-likeness (QED) is 0.918. The van der Waals surface area contributed by atoms with Crippen LogP contribution in [0.2, 0.25) is 0 Å². The Labute approximate surface area is 117 Å². The molecular weight excluding hydrogens is 267 g/mol. The summed E-state index contributed by atoms with van der Waals surface area (Å²) in [4.78, 5) is 6.09. The molecule has 1 aromatic heterocycles. The summed E-state index contributed by atoms with van der Waals surface area (Å²) in [6.45, 7) is 2.83. The molecule has 3 nitrogen and oxygen atoms in total. The molecule has 1 aliphatic heterocycles. The number of anilines is 2. The van der Waals surface area contributed by atoms with Crippen LogP contribution in [0, 0.1) is 0 Å². The fourth-order valence-electron chi connectivity index (χ4n) is 2.78. The summed E-state index contributed by atoms with van der Waals surface area (Å²) in [5, 5.41) is 0. The average molecular weight is 287 g/mol. The van der Waals surface area contributed by atoms with Gasteiger partial charge in [0.15, 0.2) is 0 Å². The number of hydrogen-bond acceptors (Lipinski definition) is 3. The number of piperidine rings is 1. The summed E-state index contributed by atoms with van der Waals surface area (Å²) in [7, 11) is 0. The molecule has 20 heavy (non-hydrogen) atoms. The SMILES string of the molecule is CCCC1CCCCN1c1cc(C(F)(F)F)cc(N)n1. The molecule has 1 fully saturated rings. The van der Waals surface area contributed by atoms with Gasteiger partial charge in [0.1, 0.15) is 11.6 Å². The molecule has 0 amide bonds. The summed E-state index contributed by atoms with van der Waals surface area (Å²) in [6, 6.07) is 2.27. The van der Waals surface area contributed by atoms with E-state index >= 15 is 0 Å². The van der Waals surface area contributed by atoms with Crippen LogP contribution in [0.25, 0.3) is 0 Å². The van der Waals surface area contributed by atoms with Crippen molar-refractivity contribution in [2.24, 2.45) is 0 Å². The Morgan fingerprint density at radius 3 is 2.75 bits per heavy atom. The molecule has 112 valence electrons. The minimum absolute atomic E-state index is 0.0735. The lowest BCUT2D eigenvalue weighted by Gasteiger charge is -2.37. The maximum Gasteiger partial charge on any atom is 0.416 e. The van der Waals surface area contributed by atoms with E-state index in [2.05, 4.69) is 11.9 Å². The Morgan fingerprint density at radius 1 is 1.35 bits per heavy atom. The molecule has 1 atom stereocenters. The molecule has 0 aromatic carbocycles. The molecule has 0 aliphatic carbocycles. The number of halogens is 3. The molecule has 1 aliphatic rings. The lowest BCUT2D eigenvalue weighted by molar-refractivity contribution is -0.137. The summed E-state index contributed by atoms with van der Waals surface area (Å²) in [6.07, 6.45) is 0.703. The Hall–Kier alpha value is -1.46.